The van der Waals surface area contributed by atoms with Gasteiger partial charge in [0.1, 0.15) is 0 Å². The summed E-state index contributed by atoms with van der Waals surface area (Å²) < 4.78 is 57.6. The number of ether oxygens (including phenoxy) is 1. The van der Waals surface area contributed by atoms with E-state index >= 15 is 0 Å². The van der Waals surface area contributed by atoms with Crippen LogP contribution in [0.5, 0.6) is 5.75 Å². The molecule has 9 heteroatoms. The van der Waals surface area contributed by atoms with E-state index in [-0.39, 0.29) is 12.2 Å². The van der Waals surface area contributed by atoms with Gasteiger partial charge in [-0.2, -0.15) is 13.9 Å². The molecule has 21 heavy (non-hydrogen) atoms. The Labute approximate surface area is 120 Å². The fourth-order valence-corrected chi connectivity index (χ4v) is 1.90. The van der Waals surface area contributed by atoms with Crippen molar-refractivity contribution in [1.29, 1.82) is 0 Å². The van der Waals surface area contributed by atoms with E-state index in [1.807, 2.05) is 0 Å². The van der Waals surface area contributed by atoms with Gasteiger partial charge in [-0.05, 0) is 23.7 Å². The van der Waals surface area contributed by atoms with E-state index in [2.05, 4.69) is 9.84 Å². The van der Waals surface area contributed by atoms with Gasteiger partial charge in [-0.25, -0.2) is 13.5 Å². The van der Waals surface area contributed by atoms with Gasteiger partial charge in [0.2, 0.25) is 0 Å². The summed E-state index contributed by atoms with van der Waals surface area (Å²) in [5.41, 5.74) is -2.17. The lowest BCUT2D eigenvalue weighted by Gasteiger charge is -2.12. The number of carbonyl (C=O) groups is 1. The largest absolute Gasteiger partial charge is 0.424 e. The number of hydrogen-bond donors (Lipinski definition) is 0. The Morgan fingerprint density at radius 1 is 1.29 bits per heavy atom. The fraction of sp³-hybridized carbons (Fsp3) is 0.167. The highest BCUT2D eigenvalue weighted by atomic mass is 35.5. The highest BCUT2D eigenvalue weighted by Crippen LogP contribution is 2.43. The van der Waals surface area contributed by atoms with E-state index in [9.17, 15) is 22.4 Å². The van der Waals surface area contributed by atoms with Gasteiger partial charge in [-0.1, -0.05) is 18.2 Å². The van der Waals surface area contributed by atoms with Crippen LogP contribution in [0, 0.1) is 0 Å². The minimum absolute atomic E-state index is 0.0653. The first kappa shape index (κ1) is 15.3. The lowest BCUT2D eigenvalue weighted by molar-refractivity contribution is -0.121. The Hall–Kier alpha value is -2.09. The van der Waals surface area contributed by atoms with Crippen molar-refractivity contribution in [3.8, 4) is 11.4 Å². The summed E-state index contributed by atoms with van der Waals surface area (Å²) in [7, 11) is 0. The third-order valence-corrected chi connectivity index (χ3v) is 2.69. The fourth-order valence-electron chi connectivity index (χ4n) is 1.73. The maximum absolute atomic E-state index is 13.5. The first-order valence-corrected chi connectivity index (χ1v) is 5.88. The maximum Gasteiger partial charge on any atom is 0.368 e. The molecule has 0 fully saturated rings. The van der Waals surface area contributed by atoms with Gasteiger partial charge >= 0.3 is 5.38 Å². The molecule has 0 aliphatic rings. The van der Waals surface area contributed by atoms with E-state index in [0.717, 1.165) is 0 Å². The zero-order valence-electron chi connectivity index (χ0n) is 10.1. The molecule has 0 spiro atoms. The van der Waals surface area contributed by atoms with Crippen LogP contribution in [0.4, 0.5) is 17.6 Å². The second-order valence-corrected chi connectivity index (χ2v) is 4.30. The molecule has 112 valence electrons. The highest BCUT2D eigenvalue weighted by molar-refractivity contribution is 6.21. The summed E-state index contributed by atoms with van der Waals surface area (Å²) in [6.07, 6.45) is -3.22. The molecule has 0 amide bonds. The molecule has 0 aliphatic heterocycles. The molecule has 0 aliphatic carbocycles. The Morgan fingerprint density at radius 3 is 2.38 bits per heavy atom. The third-order valence-electron chi connectivity index (χ3n) is 2.51. The SMILES string of the molecule is O=COc1c(C(F)F)nn(-c2ccccc2)c1C(F)(F)Cl. The molecule has 2 aromatic rings. The van der Waals surface area contributed by atoms with Crippen molar-refractivity contribution in [2.45, 2.75) is 11.8 Å². The molecule has 2 rings (SSSR count). The second-order valence-electron chi connectivity index (χ2n) is 3.82. The molecule has 0 atom stereocenters. The van der Waals surface area contributed by atoms with Crippen LogP contribution in [0.3, 0.4) is 0 Å². The minimum atomic E-state index is -4.06. The second kappa shape index (κ2) is 5.72. The van der Waals surface area contributed by atoms with Crippen LogP contribution < -0.4 is 4.74 Å². The van der Waals surface area contributed by atoms with Gasteiger partial charge in [0.25, 0.3) is 12.9 Å². The number of aromatic nitrogens is 2. The molecule has 1 heterocycles. The van der Waals surface area contributed by atoms with Crippen LogP contribution >= 0.6 is 11.6 Å². The lowest BCUT2D eigenvalue weighted by atomic mass is 10.3. The first-order chi connectivity index (χ1) is 9.86. The summed E-state index contributed by atoms with van der Waals surface area (Å²) in [5.74, 6) is -1.05. The molecule has 0 N–H and O–H groups in total. The van der Waals surface area contributed by atoms with Crippen molar-refractivity contribution in [1.82, 2.24) is 9.78 Å². The van der Waals surface area contributed by atoms with Crippen LogP contribution in [0.2, 0.25) is 0 Å². The van der Waals surface area contributed by atoms with Gasteiger partial charge in [-0.15, -0.1) is 0 Å². The quantitative estimate of drug-likeness (QED) is 0.479. The van der Waals surface area contributed by atoms with Crippen LogP contribution in [-0.2, 0) is 10.2 Å². The summed E-state index contributed by atoms with van der Waals surface area (Å²) in [4.78, 5) is 10.4. The van der Waals surface area contributed by atoms with Crippen LogP contribution in [0.1, 0.15) is 17.8 Å². The smallest absolute Gasteiger partial charge is 0.368 e. The lowest BCUT2D eigenvalue weighted by Crippen LogP contribution is -2.13. The zero-order chi connectivity index (χ0) is 15.6. The van der Waals surface area contributed by atoms with Crippen LogP contribution in [0.15, 0.2) is 30.3 Å². The highest BCUT2D eigenvalue weighted by Gasteiger charge is 2.41. The molecule has 0 bridgehead atoms. The van der Waals surface area contributed by atoms with E-state index in [1.54, 1.807) is 6.07 Å². The summed E-state index contributed by atoms with van der Waals surface area (Å²) in [6, 6.07) is 7.31. The van der Waals surface area contributed by atoms with Gasteiger partial charge < -0.3 is 4.74 Å². The Kier molecular flexibility index (Phi) is 4.17. The van der Waals surface area contributed by atoms with Gasteiger partial charge in [0.15, 0.2) is 17.1 Å². The normalized spacial score (nSPS) is 11.7. The number of halogens is 5. The molecule has 1 aromatic carbocycles. The van der Waals surface area contributed by atoms with Crippen molar-refractivity contribution in [3.63, 3.8) is 0 Å². The van der Waals surface area contributed by atoms with Gasteiger partial charge in [-0.3, -0.25) is 4.79 Å². The predicted molar refractivity (Wildman–Crippen MR) is 65.0 cm³/mol. The number of alkyl halides is 5. The molecule has 0 unspecified atom stereocenters. The van der Waals surface area contributed by atoms with Gasteiger partial charge in [0, 0.05) is 0 Å². The third kappa shape index (κ3) is 2.99. The summed E-state index contributed by atoms with van der Waals surface area (Å²) in [6.45, 7) is -0.246. The topological polar surface area (TPSA) is 44.1 Å². The molecule has 1 aromatic heterocycles. The van der Waals surface area contributed by atoms with Crippen molar-refractivity contribution in [2.24, 2.45) is 0 Å². The van der Waals surface area contributed by atoms with Gasteiger partial charge in [0.05, 0.1) is 5.69 Å². The minimum Gasteiger partial charge on any atom is -0.424 e. The number of nitrogens with zero attached hydrogens (tertiary/aromatic N) is 2. The van der Waals surface area contributed by atoms with Crippen LogP contribution in [0.25, 0.3) is 5.69 Å². The van der Waals surface area contributed by atoms with Crippen molar-refractivity contribution < 1.29 is 27.1 Å². The van der Waals surface area contributed by atoms with Crippen molar-refractivity contribution in [2.75, 3.05) is 0 Å². The monoisotopic (exact) mass is 322 g/mol. The molecular formula is C12H7ClF4N2O2. The number of hydrogen-bond acceptors (Lipinski definition) is 3. The zero-order valence-corrected chi connectivity index (χ0v) is 10.9. The Bertz CT molecular complexity index is 641. The standard InChI is InChI=1S/C12H7ClF4N2O2/c13-12(16,17)10-9(21-6-20)8(11(14)15)18-19(10)7-4-2-1-3-5-7/h1-6,11H. The van der Waals surface area contributed by atoms with E-state index in [0.29, 0.717) is 4.68 Å². The Morgan fingerprint density at radius 2 is 1.90 bits per heavy atom. The average Bonchev–Trinajstić information content (AvgIpc) is 2.80. The maximum atomic E-state index is 13.5. The first-order valence-electron chi connectivity index (χ1n) is 5.50. The molecule has 0 saturated carbocycles. The van der Waals surface area contributed by atoms with Crippen LogP contribution in [-0.4, -0.2) is 16.3 Å². The number of benzene rings is 1. The number of rotatable bonds is 5. The molecule has 4 nitrogen and oxygen atoms in total. The summed E-state index contributed by atoms with van der Waals surface area (Å²) >= 11 is 4.94. The van der Waals surface area contributed by atoms with Crippen molar-refractivity contribution in [3.05, 3.63) is 41.7 Å². The average molecular weight is 323 g/mol. The number of carbonyl (C=O) groups excluding carboxylic acids is 1. The van der Waals surface area contributed by atoms with E-state index in [4.69, 9.17) is 11.6 Å². The molecular weight excluding hydrogens is 316 g/mol. The Balaban J connectivity index is 2.75. The van der Waals surface area contributed by atoms with Crippen molar-refractivity contribution >= 4 is 18.1 Å². The molecule has 0 saturated heterocycles. The predicted octanol–water partition coefficient (Wildman–Crippen LogP) is 3.63. The molecule has 0 radical (unpaired) electrons. The summed E-state index contributed by atoms with van der Waals surface area (Å²) in [5, 5.41) is -0.678. The van der Waals surface area contributed by atoms with E-state index in [1.165, 1.54) is 24.3 Å². The number of para-hydroxylation sites is 1. The van der Waals surface area contributed by atoms with E-state index < -0.39 is 28.9 Å².